The fourth-order valence-corrected chi connectivity index (χ4v) is 4.58. The smallest absolute Gasteiger partial charge is 0.236 e. The fourth-order valence-electron chi connectivity index (χ4n) is 3.39. The molecule has 134 valence electrons. The van der Waals surface area contributed by atoms with Gasteiger partial charge in [0.05, 0.1) is 5.75 Å². The summed E-state index contributed by atoms with van der Waals surface area (Å²) in [6.45, 7) is 0.822. The summed E-state index contributed by atoms with van der Waals surface area (Å²) in [5.74, 6) is 1.31. The lowest BCUT2D eigenvalue weighted by Gasteiger charge is -2.23. The number of nitrogens with one attached hydrogen (secondary N) is 1. The lowest BCUT2D eigenvalue weighted by molar-refractivity contribution is 0.456. The first-order chi connectivity index (χ1) is 12.6. The molecule has 0 spiro atoms. The molecule has 0 saturated carbocycles. The largest absolute Gasteiger partial charge is 0.317 e. The van der Waals surface area contributed by atoms with Crippen LogP contribution in [-0.2, 0) is 28.7 Å². The maximum atomic E-state index is 12.5. The number of fused-ring (bicyclic) bond motifs is 1. The van der Waals surface area contributed by atoms with Crippen LogP contribution in [0.25, 0.3) is 0 Å². The van der Waals surface area contributed by atoms with Gasteiger partial charge in [-0.1, -0.05) is 42.5 Å². The fraction of sp³-hybridized carbons (Fsp3) is 0.263. The third-order valence-corrected chi connectivity index (χ3v) is 5.92. The summed E-state index contributed by atoms with van der Waals surface area (Å²) < 4.78 is 29.7. The number of benzene rings is 2. The van der Waals surface area contributed by atoms with Crippen LogP contribution in [0.15, 0.2) is 60.9 Å². The van der Waals surface area contributed by atoms with E-state index in [4.69, 9.17) is 0 Å². The molecule has 0 bridgehead atoms. The van der Waals surface area contributed by atoms with Crippen LogP contribution in [0.4, 0.5) is 5.69 Å². The topological polar surface area (TPSA) is 76.9 Å². The van der Waals surface area contributed by atoms with E-state index >= 15 is 0 Å². The molecule has 2 heterocycles. The van der Waals surface area contributed by atoms with Gasteiger partial charge in [-0.2, -0.15) is 0 Å². The summed E-state index contributed by atoms with van der Waals surface area (Å²) in [5, 5.41) is 8.07. The van der Waals surface area contributed by atoms with Crippen LogP contribution in [0.2, 0.25) is 0 Å². The SMILES string of the molecule is O=S(=O)(Cc1ccccc1)Nc1cccc(C2CCc3nncn3C2)c1. The molecular formula is C19H20N4O2S. The molecule has 1 aromatic heterocycles. The minimum atomic E-state index is -3.45. The highest BCUT2D eigenvalue weighted by molar-refractivity contribution is 7.91. The number of hydrogen-bond donors (Lipinski definition) is 1. The third kappa shape index (κ3) is 3.77. The highest BCUT2D eigenvalue weighted by Crippen LogP contribution is 2.29. The Bertz CT molecular complexity index is 999. The van der Waals surface area contributed by atoms with Gasteiger partial charge in [-0.05, 0) is 29.7 Å². The van der Waals surface area contributed by atoms with Crippen LogP contribution in [0, 0.1) is 0 Å². The number of nitrogens with zero attached hydrogens (tertiary/aromatic N) is 3. The lowest BCUT2D eigenvalue weighted by atomic mass is 9.91. The van der Waals surface area contributed by atoms with Crippen molar-refractivity contribution in [3.63, 3.8) is 0 Å². The Morgan fingerprint density at radius 3 is 2.81 bits per heavy atom. The number of anilines is 1. The van der Waals surface area contributed by atoms with E-state index in [0.29, 0.717) is 11.6 Å². The van der Waals surface area contributed by atoms with E-state index in [-0.39, 0.29) is 5.75 Å². The summed E-state index contributed by atoms with van der Waals surface area (Å²) in [4.78, 5) is 0. The van der Waals surface area contributed by atoms with Crippen LogP contribution < -0.4 is 4.72 Å². The maximum absolute atomic E-state index is 12.5. The molecule has 2 aromatic carbocycles. The van der Waals surface area contributed by atoms with Crippen molar-refractivity contribution in [2.24, 2.45) is 0 Å². The molecule has 3 aromatic rings. The maximum Gasteiger partial charge on any atom is 0.236 e. The molecule has 1 N–H and O–H groups in total. The van der Waals surface area contributed by atoms with E-state index in [1.807, 2.05) is 42.5 Å². The second-order valence-electron chi connectivity index (χ2n) is 6.61. The number of aryl methyl sites for hydroxylation is 1. The predicted molar refractivity (Wildman–Crippen MR) is 100 cm³/mol. The Morgan fingerprint density at radius 2 is 1.96 bits per heavy atom. The quantitative estimate of drug-likeness (QED) is 0.751. The van der Waals surface area contributed by atoms with Gasteiger partial charge in [0.25, 0.3) is 0 Å². The highest BCUT2D eigenvalue weighted by atomic mass is 32.2. The van der Waals surface area contributed by atoms with Crippen molar-refractivity contribution in [3.8, 4) is 0 Å². The van der Waals surface area contributed by atoms with Crippen LogP contribution in [0.1, 0.15) is 29.3 Å². The average Bonchev–Trinajstić information content (AvgIpc) is 3.09. The van der Waals surface area contributed by atoms with Crippen molar-refractivity contribution in [3.05, 3.63) is 77.9 Å². The molecular weight excluding hydrogens is 348 g/mol. The van der Waals surface area contributed by atoms with E-state index in [0.717, 1.165) is 36.3 Å². The zero-order chi connectivity index (χ0) is 18.0. The molecule has 0 saturated heterocycles. The first-order valence-corrected chi connectivity index (χ1v) is 10.3. The van der Waals surface area contributed by atoms with Gasteiger partial charge in [0.1, 0.15) is 12.2 Å². The Kier molecular flexibility index (Phi) is 4.46. The van der Waals surface area contributed by atoms with Crippen molar-refractivity contribution in [1.82, 2.24) is 14.8 Å². The molecule has 1 aliphatic heterocycles. The van der Waals surface area contributed by atoms with Crippen LogP contribution >= 0.6 is 0 Å². The van der Waals surface area contributed by atoms with Crippen molar-refractivity contribution >= 4 is 15.7 Å². The first-order valence-electron chi connectivity index (χ1n) is 8.60. The monoisotopic (exact) mass is 368 g/mol. The molecule has 0 aliphatic carbocycles. The Hall–Kier alpha value is -2.67. The van der Waals surface area contributed by atoms with E-state index in [1.165, 1.54) is 0 Å². The Labute approximate surface area is 153 Å². The van der Waals surface area contributed by atoms with Gasteiger partial charge in [-0.15, -0.1) is 10.2 Å². The van der Waals surface area contributed by atoms with Gasteiger partial charge >= 0.3 is 0 Å². The molecule has 1 unspecified atom stereocenters. The second-order valence-corrected chi connectivity index (χ2v) is 8.33. The summed E-state index contributed by atoms with van der Waals surface area (Å²) in [6, 6.07) is 16.9. The Balaban J connectivity index is 1.49. The Morgan fingerprint density at radius 1 is 1.12 bits per heavy atom. The predicted octanol–water partition coefficient (Wildman–Crippen LogP) is 2.95. The van der Waals surface area contributed by atoms with Crippen molar-refractivity contribution < 1.29 is 8.42 Å². The molecule has 6 nitrogen and oxygen atoms in total. The van der Waals surface area contributed by atoms with Gasteiger partial charge in [0, 0.05) is 24.6 Å². The molecule has 0 fully saturated rings. The number of rotatable bonds is 5. The number of hydrogen-bond acceptors (Lipinski definition) is 4. The molecule has 7 heteroatoms. The first kappa shape index (κ1) is 16.8. The second kappa shape index (κ2) is 6.92. The van der Waals surface area contributed by atoms with E-state index < -0.39 is 10.0 Å². The summed E-state index contributed by atoms with van der Waals surface area (Å²) >= 11 is 0. The summed E-state index contributed by atoms with van der Waals surface area (Å²) in [7, 11) is -3.45. The summed E-state index contributed by atoms with van der Waals surface area (Å²) in [5.41, 5.74) is 2.50. The van der Waals surface area contributed by atoms with Crippen molar-refractivity contribution in [1.29, 1.82) is 0 Å². The molecule has 4 rings (SSSR count). The van der Waals surface area contributed by atoms with E-state index in [2.05, 4.69) is 25.6 Å². The number of sulfonamides is 1. The molecule has 1 aliphatic rings. The van der Waals surface area contributed by atoms with E-state index in [9.17, 15) is 8.42 Å². The molecule has 0 amide bonds. The van der Waals surface area contributed by atoms with Crippen molar-refractivity contribution in [2.45, 2.75) is 31.1 Å². The van der Waals surface area contributed by atoms with Crippen LogP contribution in [0.3, 0.4) is 0 Å². The highest BCUT2D eigenvalue weighted by Gasteiger charge is 2.21. The standard InChI is InChI=1S/C19H20N4O2S/c24-26(25,13-15-5-2-1-3-6-15)22-18-8-4-7-16(11-18)17-9-10-19-21-20-14-23(19)12-17/h1-8,11,14,17,22H,9-10,12-13H2. The van der Waals surface area contributed by atoms with Crippen molar-refractivity contribution in [2.75, 3.05) is 4.72 Å². The molecule has 26 heavy (non-hydrogen) atoms. The molecule has 1 atom stereocenters. The van der Waals surface area contributed by atoms with Gasteiger partial charge in [0.15, 0.2) is 0 Å². The lowest BCUT2D eigenvalue weighted by Crippen LogP contribution is -2.19. The van der Waals surface area contributed by atoms with Gasteiger partial charge < -0.3 is 4.57 Å². The van der Waals surface area contributed by atoms with Crippen LogP contribution in [0.5, 0.6) is 0 Å². The van der Waals surface area contributed by atoms with Gasteiger partial charge in [0.2, 0.25) is 10.0 Å². The van der Waals surface area contributed by atoms with E-state index in [1.54, 1.807) is 12.4 Å². The van der Waals surface area contributed by atoms with Gasteiger partial charge in [-0.3, -0.25) is 4.72 Å². The number of aromatic nitrogens is 3. The van der Waals surface area contributed by atoms with Gasteiger partial charge in [-0.25, -0.2) is 8.42 Å². The minimum Gasteiger partial charge on any atom is -0.317 e. The zero-order valence-corrected chi connectivity index (χ0v) is 15.1. The third-order valence-electron chi connectivity index (χ3n) is 4.66. The van der Waals surface area contributed by atoms with Crippen LogP contribution in [-0.4, -0.2) is 23.2 Å². The zero-order valence-electron chi connectivity index (χ0n) is 14.2. The average molecular weight is 368 g/mol. The molecule has 0 radical (unpaired) electrons. The minimum absolute atomic E-state index is 0.0361. The summed E-state index contributed by atoms with van der Waals surface area (Å²) in [6.07, 6.45) is 3.63. The normalized spacial score (nSPS) is 16.8.